The number of carbonyl (C=O) groups is 2. The standard InChI is InChI=1S/C19H23N5O3S/c1-4-27-18(26)14-11-15(24(23-14)13-8-6-5-7-9-13)17(25)20-19-22-21-16(28-19)10-12(2)3/h5-9,12,15H,4,10-11H2,1-3H3,(H,20,22,25)/t15-/m0/s1. The van der Waals surface area contributed by atoms with E-state index in [1.165, 1.54) is 11.3 Å². The first-order chi connectivity index (χ1) is 13.5. The molecule has 0 spiro atoms. The molecule has 0 radical (unpaired) electrons. The Hall–Kier alpha value is -2.81. The van der Waals surface area contributed by atoms with E-state index in [2.05, 4.69) is 34.5 Å². The van der Waals surface area contributed by atoms with Gasteiger partial charge in [0.1, 0.15) is 16.8 Å². The number of amides is 1. The van der Waals surface area contributed by atoms with E-state index in [9.17, 15) is 9.59 Å². The average Bonchev–Trinajstić information content (AvgIpc) is 3.29. The van der Waals surface area contributed by atoms with Gasteiger partial charge in [-0.1, -0.05) is 43.4 Å². The highest BCUT2D eigenvalue weighted by molar-refractivity contribution is 7.15. The summed E-state index contributed by atoms with van der Waals surface area (Å²) in [6.45, 7) is 6.19. The predicted octanol–water partition coefficient (Wildman–Crippen LogP) is 2.87. The zero-order valence-electron chi connectivity index (χ0n) is 16.1. The van der Waals surface area contributed by atoms with Crippen molar-refractivity contribution in [3.63, 3.8) is 0 Å². The highest BCUT2D eigenvalue weighted by Crippen LogP contribution is 2.26. The van der Waals surface area contributed by atoms with Gasteiger partial charge in [-0.3, -0.25) is 15.1 Å². The molecule has 1 atom stereocenters. The van der Waals surface area contributed by atoms with Gasteiger partial charge >= 0.3 is 5.97 Å². The van der Waals surface area contributed by atoms with Gasteiger partial charge in [0.25, 0.3) is 5.91 Å². The zero-order valence-corrected chi connectivity index (χ0v) is 16.9. The van der Waals surface area contributed by atoms with Crippen LogP contribution in [0.25, 0.3) is 0 Å². The van der Waals surface area contributed by atoms with E-state index in [0.29, 0.717) is 11.0 Å². The van der Waals surface area contributed by atoms with Crippen LogP contribution in [-0.2, 0) is 20.7 Å². The largest absolute Gasteiger partial charge is 0.461 e. The number of anilines is 2. The molecule has 0 saturated carbocycles. The van der Waals surface area contributed by atoms with Crippen molar-refractivity contribution in [3.8, 4) is 0 Å². The van der Waals surface area contributed by atoms with Crippen LogP contribution < -0.4 is 10.3 Å². The number of esters is 1. The number of para-hydroxylation sites is 1. The molecule has 2 aromatic rings. The molecule has 1 aliphatic heterocycles. The number of ether oxygens (including phenoxy) is 1. The summed E-state index contributed by atoms with van der Waals surface area (Å²) in [5.74, 6) is -0.339. The number of aromatic nitrogens is 2. The maximum Gasteiger partial charge on any atom is 0.354 e. The number of rotatable bonds is 7. The molecule has 1 N–H and O–H groups in total. The summed E-state index contributed by atoms with van der Waals surface area (Å²) < 4.78 is 5.05. The molecule has 148 valence electrons. The first-order valence-electron chi connectivity index (χ1n) is 9.20. The summed E-state index contributed by atoms with van der Waals surface area (Å²) in [6, 6.07) is 8.59. The van der Waals surface area contributed by atoms with Crippen LogP contribution in [0.5, 0.6) is 0 Å². The fourth-order valence-corrected chi connectivity index (χ4v) is 3.75. The highest BCUT2D eigenvalue weighted by atomic mass is 32.1. The van der Waals surface area contributed by atoms with Crippen molar-refractivity contribution >= 4 is 39.7 Å². The van der Waals surface area contributed by atoms with Crippen LogP contribution in [0, 0.1) is 5.92 Å². The molecule has 2 heterocycles. The lowest BCUT2D eigenvalue weighted by molar-refractivity contribution is -0.135. The monoisotopic (exact) mass is 401 g/mol. The second kappa shape index (κ2) is 8.92. The summed E-state index contributed by atoms with van der Waals surface area (Å²) in [6.07, 6.45) is 0.973. The Morgan fingerprint density at radius 1 is 1.29 bits per heavy atom. The maximum absolute atomic E-state index is 12.9. The Morgan fingerprint density at radius 3 is 2.71 bits per heavy atom. The zero-order chi connectivity index (χ0) is 20.1. The minimum atomic E-state index is -0.667. The second-order valence-corrected chi connectivity index (χ2v) is 7.82. The van der Waals surface area contributed by atoms with Crippen molar-refractivity contribution in [2.24, 2.45) is 11.0 Å². The quantitative estimate of drug-likeness (QED) is 0.717. The molecule has 1 aliphatic rings. The first-order valence-corrected chi connectivity index (χ1v) is 10.0. The number of benzene rings is 1. The Labute approximate surface area is 167 Å². The van der Waals surface area contributed by atoms with E-state index in [1.807, 2.05) is 30.3 Å². The number of hydrogen-bond donors (Lipinski definition) is 1. The van der Waals surface area contributed by atoms with Crippen molar-refractivity contribution in [2.45, 2.75) is 39.7 Å². The van der Waals surface area contributed by atoms with E-state index < -0.39 is 12.0 Å². The SMILES string of the molecule is CCOC(=O)C1=NN(c2ccccc2)[C@H](C(=O)Nc2nnc(CC(C)C)s2)C1. The van der Waals surface area contributed by atoms with Gasteiger partial charge in [-0.25, -0.2) is 4.79 Å². The van der Waals surface area contributed by atoms with E-state index >= 15 is 0 Å². The fourth-order valence-electron chi connectivity index (χ4n) is 2.80. The van der Waals surface area contributed by atoms with Crippen LogP contribution in [0.1, 0.15) is 32.2 Å². The van der Waals surface area contributed by atoms with Gasteiger partial charge in [0.05, 0.1) is 12.3 Å². The molecule has 0 saturated heterocycles. The number of hydrazone groups is 1. The van der Waals surface area contributed by atoms with Crippen LogP contribution >= 0.6 is 11.3 Å². The van der Waals surface area contributed by atoms with Crippen LogP contribution in [0.2, 0.25) is 0 Å². The summed E-state index contributed by atoms with van der Waals surface area (Å²) in [7, 11) is 0. The van der Waals surface area contributed by atoms with Crippen molar-refractivity contribution in [2.75, 3.05) is 16.9 Å². The lowest BCUT2D eigenvalue weighted by Crippen LogP contribution is -2.38. The third-order valence-corrected chi connectivity index (χ3v) is 4.89. The van der Waals surface area contributed by atoms with Crippen LogP contribution in [-0.4, -0.2) is 40.4 Å². The summed E-state index contributed by atoms with van der Waals surface area (Å²) in [5, 5.41) is 18.2. The predicted molar refractivity (Wildman–Crippen MR) is 108 cm³/mol. The van der Waals surface area contributed by atoms with E-state index in [0.717, 1.165) is 17.1 Å². The van der Waals surface area contributed by atoms with Gasteiger partial charge in [0.15, 0.2) is 0 Å². The average molecular weight is 401 g/mol. The van der Waals surface area contributed by atoms with Gasteiger partial charge in [-0.2, -0.15) is 5.10 Å². The van der Waals surface area contributed by atoms with E-state index in [-0.39, 0.29) is 24.6 Å². The number of hydrogen-bond acceptors (Lipinski definition) is 8. The fraction of sp³-hybridized carbons (Fsp3) is 0.421. The van der Waals surface area contributed by atoms with Crippen LogP contribution in [0.15, 0.2) is 35.4 Å². The van der Waals surface area contributed by atoms with Crippen molar-refractivity contribution in [1.82, 2.24) is 10.2 Å². The topological polar surface area (TPSA) is 96.8 Å². The van der Waals surface area contributed by atoms with E-state index in [4.69, 9.17) is 4.74 Å². The molecule has 1 aromatic carbocycles. The second-order valence-electron chi connectivity index (χ2n) is 6.76. The molecule has 9 heteroatoms. The molecular formula is C19H23N5O3S. The van der Waals surface area contributed by atoms with Gasteiger partial charge in [-0.15, -0.1) is 10.2 Å². The molecule has 3 rings (SSSR count). The Kier molecular flexibility index (Phi) is 6.35. The van der Waals surface area contributed by atoms with Crippen LogP contribution in [0.4, 0.5) is 10.8 Å². The molecule has 8 nitrogen and oxygen atoms in total. The van der Waals surface area contributed by atoms with E-state index in [1.54, 1.807) is 11.9 Å². The molecule has 0 fully saturated rings. The first kappa shape index (κ1) is 19.9. The van der Waals surface area contributed by atoms with Crippen molar-refractivity contribution in [1.29, 1.82) is 0 Å². The lowest BCUT2D eigenvalue weighted by atomic mass is 10.1. The molecule has 1 amide bonds. The Bertz CT molecular complexity index is 865. The Balaban J connectivity index is 1.77. The van der Waals surface area contributed by atoms with Gasteiger partial charge in [0.2, 0.25) is 5.13 Å². The highest BCUT2D eigenvalue weighted by Gasteiger charge is 2.37. The summed E-state index contributed by atoms with van der Waals surface area (Å²) in [4.78, 5) is 25.0. The van der Waals surface area contributed by atoms with Gasteiger partial charge in [-0.05, 0) is 25.0 Å². The molecule has 1 aromatic heterocycles. The summed E-state index contributed by atoms with van der Waals surface area (Å²) >= 11 is 1.36. The number of nitrogens with one attached hydrogen (secondary N) is 1. The molecular weight excluding hydrogens is 378 g/mol. The molecule has 0 aliphatic carbocycles. The van der Waals surface area contributed by atoms with Crippen LogP contribution in [0.3, 0.4) is 0 Å². The number of carbonyl (C=O) groups excluding carboxylic acids is 2. The molecule has 0 bridgehead atoms. The third-order valence-electron chi connectivity index (χ3n) is 4.02. The maximum atomic E-state index is 12.9. The third kappa shape index (κ3) is 4.72. The van der Waals surface area contributed by atoms with Crippen molar-refractivity contribution in [3.05, 3.63) is 35.3 Å². The minimum Gasteiger partial charge on any atom is -0.461 e. The van der Waals surface area contributed by atoms with Gasteiger partial charge < -0.3 is 4.74 Å². The molecule has 0 unspecified atom stereocenters. The lowest BCUT2D eigenvalue weighted by Gasteiger charge is -2.22. The molecule has 28 heavy (non-hydrogen) atoms. The smallest absolute Gasteiger partial charge is 0.354 e. The minimum absolute atomic E-state index is 0.164. The Morgan fingerprint density at radius 2 is 2.04 bits per heavy atom. The summed E-state index contributed by atoms with van der Waals surface area (Å²) in [5.41, 5.74) is 0.948. The van der Waals surface area contributed by atoms with Crippen molar-refractivity contribution < 1.29 is 14.3 Å². The normalized spacial score (nSPS) is 16.2. The number of nitrogens with zero attached hydrogens (tertiary/aromatic N) is 4. The van der Waals surface area contributed by atoms with Gasteiger partial charge in [0, 0.05) is 12.8 Å².